The first-order valence-electron chi connectivity index (χ1n) is 13.6. The number of piperidine rings is 1. The maximum absolute atomic E-state index is 12.8. The highest BCUT2D eigenvalue weighted by molar-refractivity contribution is 9.10. The van der Waals surface area contributed by atoms with Gasteiger partial charge in [-0.05, 0) is 99.7 Å². The summed E-state index contributed by atoms with van der Waals surface area (Å²) in [6, 6.07) is 1.89. The summed E-state index contributed by atoms with van der Waals surface area (Å²) < 4.78 is 14.5. The number of fused-ring (bicyclic) bond motifs is 1. The molecule has 2 saturated heterocycles. The van der Waals surface area contributed by atoms with Crippen LogP contribution in [0.15, 0.2) is 22.9 Å². The molecule has 38 heavy (non-hydrogen) atoms. The summed E-state index contributed by atoms with van der Waals surface area (Å²) in [4.78, 5) is 16.3. The number of ether oxygens (including phenoxy) is 2. The van der Waals surface area contributed by atoms with E-state index in [2.05, 4.69) is 26.1 Å². The number of carbonyl (C=O) groups is 1. The van der Waals surface area contributed by atoms with Crippen LogP contribution in [-0.2, 0) is 22.4 Å². The molecule has 2 aliphatic rings. The Kier molecular flexibility index (Phi) is 8.30. The van der Waals surface area contributed by atoms with E-state index < -0.39 is 5.60 Å². The summed E-state index contributed by atoms with van der Waals surface area (Å²) in [5.41, 5.74) is 2.32. The van der Waals surface area contributed by atoms with E-state index >= 15 is 0 Å². The molecule has 206 valence electrons. The third-order valence-electron chi connectivity index (χ3n) is 7.13. The lowest BCUT2D eigenvalue weighted by molar-refractivity contribution is -0.0366. The van der Waals surface area contributed by atoms with E-state index in [0.717, 1.165) is 84.6 Å². The molecule has 0 aliphatic carbocycles. The van der Waals surface area contributed by atoms with Crippen molar-refractivity contribution in [3.8, 4) is 0 Å². The average molecular weight is 608 g/mol. The molecular weight excluding hydrogens is 572 g/mol. The number of benzene rings is 1. The predicted octanol–water partition coefficient (Wildman–Crippen LogP) is 6.84. The van der Waals surface area contributed by atoms with Crippen LogP contribution in [0.3, 0.4) is 0 Å². The van der Waals surface area contributed by atoms with Crippen molar-refractivity contribution in [2.75, 3.05) is 13.2 Å². The van der Waals surface area contributed by atoms with E-state index in [1.165, 1.54) is 0 Å². The lowest BCUT2D eigenvalue weighted by atomic mass is 10.0. The van der Waals surface area contributed by atoms with Crippen LogP contribution >= 0.6 is 27.5 Å². The third-order valence-corrected chi connectivity index (χ3v) is 8.37. The van der Waals surface area contributed by atoms with Crippen LogP contribution in [0.25, 0.3) is 10.9 Å². The van der Waals surface area contributed by atoms with Gasteiger partial charge in [0.05, 0.1) is 30.5 Å². The topological polar surface area (TPSA) is 87.3 Å². The van der Waals surface area contributed by atoms with E-state index in [0.29, 0.717) is 18.1 Å². The Balaban J connectivity index is 1.24. The number of halogens is 2. The van der Waals surface area contributed by atoms with Crippen LogP contribution in [0.1, 0.15) is 89.2 Å². The Morgan fingerprint density at radius 2 is 2.00 bits per heavy atom. The van der Waals surface area contributed by atoms with Crippen LogP contribution in [0, 0.1) is 0 Å². The first kappa shape index (κ1) is 27.4. The number of aryl methyl sites for hydroxylation is 1. The predicted molar refractivity (Wildman–Crippen MR) is 149 cm³/mol. The number of carbonyl (C=O) groups excluding carboxylic acids is 1. The summed E-state index contributed by atoms with van der Waals surface area (Å²) >= 11 is 10.5. The maximum atomic E-state index is 12.8. The lowest BCUT2D eigenvalue weighted by Crippen LogP contribution is -2.42. The van der Waals surface area contributed by atoms with Gasteiger partial charge in [-0.2, -0.15) is 20.1 Å². The Morgan fingerprint density at radius 1 is 1.18 bits per heavy atom. The van der Waals surface area contributed by atoms with Crippen LogP contribution in [0.5, 0.6) is 0 Å². The highest BCUT2D eigenvalue weighted by atomic mass is 79.9. The molecule has 0 spiro atoms. The second-order valence-corrected chi connectivity index (χ2v) is 12.3. The van der Waals surface area contributed by atoms with Gasteiger partial charge in [0.15, 0.2) is 6.23 Å². The molecule has 5 rings (SSSR count). The van der Waals surface area contributed by atoms with E-state index in [1.807, 2.05) is 37.7 Å². The van der Waals surface area contributed by atoms with E-state index in [-0.39, 0.29) is 18.4 Å². The third kappa shape index (κ3) is 6.02. The molecule has 11 heteroatoms. The quantitative estimate of drug-likeness (QED) is 0.305. The van der Waals surface area contributed by atoms with Gasteiger partial charge in [-0.1, -0.05) is 11.6 Å². The molecule has 2 aromatic heterocycles. The lowest BCUT2D eigenvalue weighted by Gasteiger charge is -2.35. The molecule has 2 fully saturated rings. The highest BCUT2D eigenvalue weighted by Gasteiger charge is 2.33. The SMILES string of the molecule is CC(C)(C)OC(=O)N1CCCCC1c1cnn(CCCc2c(Cl)cc3c(cnn3C3CCCCO3)c2Br)n1. The Labute approximate surface area is 236 Å². The molecule has 2 unspecified atom stereocenters. The second kappa shape index (κ2) is 11.5. The van der Waals surface area contributed by atoms with Crippen LogP contribution in [-0.4, -0.2) is 54.5 Å². The monoisotopic (exact) mass is 606 g/mol. The second-order valence-electron chi connectivity index (χ2n) is 11.1. The Hall–Kier alpha value is -2.17. The summed E-state index contributed by atoms with van der Waals surface area (Å²) in [6.45, 7) is 7.75. The van der Waals surface area contributed by atoms with E-state index in [9.17, 15) is 4.79 Å². The molecule has 3 aromatic rings. The summed E-state index contributed by atoms with van der Waals surface area (Å²) in [6.07, 6.45) is 11.0. The molecule has 9 nitrogen and oxygen atoms in total. The average Bonchev–Trinajstić information content (AvgIpc) is 3.53. The summed E-state index contributed by atoms with van der Waals surface area (Å²) in [5.74, 6) is 0. The molecule has 0 bridgehead atoms. The number of hydrogen-bond acceptors (Lipinski definition) is 6. The first-order chi connectivity index (χ1) is 18.2. The van der Waals surface area contributed by atoms with Crippen molar-refractivity contribution in [3.63, 3.8) is 0 Å². The first-order valence-corrected chi connectivity index (χ1v) is 14.7. The van der Waals surface area contributed by atoms with Crippen LogP contribution in [0.4, 0.5) is 4.79 Å². The van der Waals surface area contributed by atoms with Gasteiger partial charge >= 0.3 is 6.09 Å². The molecular formula is C27H36BrClN6O3. The molecule has 0 N–H and O–H groups in total. The van der Waals surface area contributed by atoms with Crippen molar-refractivity contribution in [2.24, 2.45) is 0 Å². The fraction of sp³-hybridized carbons (Fsp3) is 0.630. The van der Waals surface area contributed by atoms with Crippen LogP contribution in [0.2, 0.25) is 5.02 Å². The smallest absolute Gasteiger partial charge is 0.410 e. The zero-order valence-electron chi connectivity index (χ0n) is 22.3. The fourth-order valence-electron chi connectivity index (χ4n) is 5.28. The summed E-state index contributed by atoms with van der Waals surface area (Å²) in [7, 11) is 0. The number of aromatic nitrogens is 5. The van der Waals surface area contributed by atoms with Gasteiger partial charge in [-0.15, -0.1) is 0 Å². The largest absolute Gasteiger partial charge is 0.444 e. The van der Waals surface area contributed by atoms with Gasteiger partial charge in [-0.25, -0.2) is 9.48 Å². The minimum atomic E-state index is -0.530. The fourth-order valence-corrected chi connectivity index (χ4v) is 6.40. The van der Waals surface area contributed by atoms with Crippen molar-refractivity contribution in [2.45, 2.75) is 96.6 Å². The zero-order chi connectivity index (χ0) is 26.9. The van der Waals surface area contributed by atoms with Gasteiger partial charge in [0.2, 0.25) is 0 Å². The standard InChI is InChI=1S/C27H36BrClN6O3/c1-27(2,3)38-26(36)33-12-6-4-10-22(33)21-17-30-34(32-21)13-8-9-18-20(29)15-23-19(25(18)28)16-31-35(23)24-11-5-7-14-37-24/h15-17,22,24H,4-14H2,1-3H3. The van der Waals surface area contributed by atoms with E-state index in [1.54, 1.807) is 15.9 Å². The van der Waals surface area contributed by atoms with Gasteiger partial charge in [-0.3, -0.25) is 4.90 Å². The zero-order valence-corrected chi connectivity index (χ0v) is 24.7. The van der Waals surface area contributed by atoms with Crippen molar-refractivity contribution < 1.29 is 14.3 Å². The number of hydrogen-bond donors (Lipinski definition) is 0. The number of likely N-dealkylation sites (tertiary alicyclic amines) is 1. The van der Waals surface area contributed by atoms with Gasteiger partial charge in [0.1, 0.15) is 11.3 Å². The van der Waals surface area contributed by atoms with Crippen molar-refractivity contribution in [1.82, 2.24) is 29.7 Å². The Bertz CT molecular complexity index is 1280. The molecule has 1 amide bonds. The number of nitrogens with zero attached hydrogens (tertiary/aromatic N) is 6. The normalized spacial score (nSPS) is 20.7. The van der Waals surface area contributed by atoms with Crippen molar-refractivity contribution in [1.29, 1.82) is 0 Å². The maximum Gasteiger partial charge on any atom is 0.410 e. The molecule has 2 aliphatic heterocycles. The van der Waals surface area contributed by atoms with E-state index in [4.69, 9.17) is 26.2 Å². The molecule has 2 atom stereocenters. The van der Waals surface area contributed by atoms with Crippen molar-refractivity contribution >= 4 is 44.5 Å². The molecule has 4 heterocycles. The minimum Gasteiger partial charge on any atom is -0.444 e. The minimum absolute atomic E-state index is 0.0365. The number of rotatable bonds is 6. The van der Waals surface area contributed by atoms with Crippen LogP contribution < -0.4 is 0 Å². The molecule has 1 aromatic carbocycles. The van der Waals surface area contributed by atoms with Gasteiger partial charge in [0, 0.05) is 28.0 Å². The van der Waals surface area contributed by atoms with Gasteiger partial charge in [0.25, 0.3) is 0 Å². The highest BCUT2D eigenvalue weighted by Crippen LogP contribution is 2.37. The van der Waals surface area contributed by atoms with Crippen molar-refractivity contribution in [3.05, 3.63) is 39.2 Å². The molecule has 0 saturated carbocycles. The van der Waals surface area contributed by atoms with Gasteiger partial charge < -0.3 is 9.47 Å². The Morgan fingerprint density at radius 3 is 2.76 bits per heavy atom. The summed E-state index contributed by atoms with van der Waals surface area (Å²) in [5, 5.41) is 15.6. The molecule has 0 radical (unpaired) electrons. The number of amides is 1.